The van der Waals surface area contributed by atoms with Crippen molar-refractivity contribution in [1.29, 1.82) is 0 Å². The van der Waals surface area contributed by atoms with Crippen LogP contribution in [0.1, 0.15) is 5.56 Å². The molecule has 0 radical (unpaired) electrons. The lowest BCUT2D eigenvalue weighted by Crippen LogP contribution is -2.26. The van der Waals surface area contributed by atoms with Crippen molar-refractivity contribution >= 4 is 23.1 Å². The Bertz CT molecular complexity index is 540. The summed E-state index contributed by atoms with van der Waals surface area (Å²) in [7, 11) is 2.15. The van der Waals surface area contributed by atoms with Crippen LogP contribution >= 0.6 is 11.8 Å². The zero-order valence-electron chi connectivity index (χ0n) is 11.0. The molecular formula is C16H18N2S. The smallest absolute Gasteiger partial charge is 0.0365 e. The van der Waals surface area contributed by atoms with Gasteiger partial charge in [-0.25, -0.2) is 0 Å². The zero-order chi connectivity index (χ0) is 13.2. The Balaban J connectivity index is 1.66. The molecule has 0 saturated heterocycles. The molecule has 2 aromatic rings. The summed E-state index contributed by atoms with van der Waals surface area (Å²) < 4.78 is 0. The zero-order valence-corrected chi connectivity index (χ0v) is 11.9. The monoisotopic (exact) mass is 270 g/mol. The van der Waals surface area contributed by atoms with E-state index in [2.05, 4.69) is 48.3 Å². The van der Waals surface area contributed by atoms with Gasteiger partial charge in [0, 0.05) is 35.1 Å². The summed E-state index contributed by atoms with van der Waals surface area (Å²) >= 11 is 2.00. The third-order valence-electron chi connectivity index (χ3n) is 3.53. The lowest BCUT2D eigenvalue weighted by Gasteiger charge is -2.22. The first kappa shape index (κ1) is 12.4. The maximum Gasteiger partial charge on any atom is 0.0365 e. The molecule has 2 N–H and O–H groups in total. The molecule has 0 spiro atoms. The number of thioether (sulfide) groups is 1. The van der Waals surface area contributed by atoms with E-state index in [1.807, 2.05) is 23.9 Å². The van der Waals surface area contributed by atoms with Crippen LogP contribution in [0, 0.1) is 0 Å². The normalized spacial score (nSPS) is 17.2. The minimum Gasteiger partial charge on any atom is -0.399 e. The number of nitrogens with two attached hydrogens (primary N) is 1. The maximum atomic E-state index is 5.73. The van der Waals surface area contributed by atoms with Crippen molar-refractivity contribution in [2.75, 3.05) is 24.2 Å². The van der Waals surface area contributed by atoms with Crippen molar-refractivity contribution < 1.29 is 0 Å². The van der Waals surface area contributed by atoms with Crippen LogP contribution in [0.4, 0.5) is 11.4 Å². The van der Waals surface area contributed by atoms with E-state index in [-0.39, 0.29) is 0 Å². The van der Waals surface area contributed by atoms with E-state index in [1.54, 1.807) is 0 Å². The van der Waals surface area contributed by atoms with Crippen molar-refractivity contribution in [3.8, 4) is 0 Å². The first-order chi connectivity index (χ1) is 9.22. The predicted octanol–water partition coefficient (Wildman–Crippen LogP) is 3.42. The Labute approximate surface area is 118 Å². The molecule has 0 bridgehead atoms. The maximum absolute atomic E-state index is 5.73. The fourth-order valence-corrected chi connectivity index (χ4v) is 3.88. The highest BCUT2D eigenvalue weighted by Crippen LogP contribution is 2.37. The number of hydrogen-bond donors (Lipinski definition) is 1. The van der Waals surface area contributed by atoms with E-state index >= 15 is 0 Å². The van der Waals surface area contributed by atoms with Crippen LogP contribution in [0.2, 0.25) is 0 Å². The van der Waals surface area contributed by atoms with Gasteiger partial charge in [0.2, 0.25) is 0 Å². The van der Waals surface area contributed by atoms with E-state index in [0.29, 0.717) is 5.25 Å². The summed E-state index contributed by atoms with van der Waals surface area (Å²) in [6, 6.07) is 16.8. The van der Waals surface area contributed by atoms with Gasteiger partial charge in [0.05, 0.1) is 0 Å². The van der Waals surface area contributed by atoms with Crippen molar-refractivity contribution in [2.24, 2.45) is 0 Å². The van der Waals surface area contributed by atoms with Gasteiger partial charge in [0.25, 0.3) is 0 Å². The lowest BCUT2D eigenvalue weighted by atomic mass is 10.1. The molecule has 1 aliphatic rings. The molecule has 3 rings (SSSR count). The molecule has 98 valence electrons. The third kappa shape index (κ3) is 2.71. The average Bonchev–Trinajstić information content (AvgIpc) is 2.81. The molecule has 0 aromatic heterocycles. The molecule has 2 aromatic carbocycles. The Morgan fingerprint density at radius 1 is 1.16 bits per heavy atom. The van der Waals surface area contributed by atoms with Gasteiger partial charge < -0.3 is 10.6 Å². The first-order valence-corrected chi connectivity index (χ1v) is 7.41. The third-order valence-corrected chi connectivity index (χ3v) is 4.83. The van der Waals surface area contributed by atoms with Crippen LogP contribution in [0.15, 0.2) is 53.4 Å². The number of nitrogens with zero attached hydrogens (tertiary/aromatic N) is 1. The number of nitrogen functional groups attached to an aromatic ring is 1. The SMILES string of the molecule is CN(CC1Cc2ccccc2S1)c1ccc(N)cc1. The van der Waals surface area contributed by atoms with Crippen LogP contribution in [-0.2, 0) is 6.42 Å². The minimum atomic E-state index is 0.639. The fraction of sp³-hybridized carbons (Fsp3) is 0.250. The van der Waals surface area contributed by atoms with Crippen molar-refractivity contribution in [1.82, 2.24) is 0 Å². The van der Waals surface area contributed by atoms with Crippen molar-refractivity contribution in [2.45, 2.75) is 16.6 Å². The summed E-state index contributed by atoms with van der Waals surface area (Å²) in [6.45, 7) is 1.06. The molecule has 0 saturated carbocycles. The van der Waals surface area contributed by atoms with Gasteiger partial charge >= 0.3 is 0 Å². The highest BCUT2D eigenvalue weighted by molar-refractivity contribution is 8.00. The molecule has 1 atom stereocenters. The summed E-state index contributed by atoms with van der Waals surface area (Å²) in [5.41, 5.74) is 9.26. The summed E-state index contributed by atoms with van der Waals surface area (Å²) in [6.07, 6.45) is 1.17. The molecule has 1 aliphatic heterocycles. The van der Waals surface area contributed by atoms with Crippen LogP contribution in [0.25, 0.3) is 0 Å². The molecule has 1 unspecified atom stereocenters. The van der Waals surface area contributed by atoms with Crippen LogP contribution in [-0.4, -0.2) is 18.8 Å². The quantitative estimate of drug-likeness (QED) is 0.867. The summed E-state index contributed by atoms with van der Waals surface area (Å²) in [5, 5.41) is 0.639. The lowest BCUT2D eigenvalue weighted by molar-refractivity contribution is 0.814. The van der Waals surface area contributed by atoms with Gasteiger partial charge in [0.1, 0.15) is 0 Å². The molecule has 0 aliphatic carbocycles. The van der Waals surface area contributed by atoms with Gasteiger partial charge in [-0.05, 0) is 42.3 Å². The highest BCUT2D eigenvalue weighted by Gasteiger charge is 2.22. The molecule has 0 amide bonds. The topological polar surface area (TPSA) is 29.3 Å². The second-order valence-corrected chi connectivity index (χ2v) is 6.37. The van der Waals surface area contributed by atoms with Crippen molar-refractivity contribution in [3.05, 3.63) is 54.1 Å². The summed E-state index contributed by atoms with van der Waals surface area (Å²) in [4.78, 5) is 3.75. The number of rotatable bonds is 3. The van der Waals surface area contributed by atoms with E-state index < -0.39 is 0 Å². The van der Waals surface area contributed by atoms with Crippen LogP contribution < -0.4 is 10.6 Å². The second-order valence-electron chi connectivity index (χ2n) is 5.02. The fourth-order valence-electron chi connectivity index (χ4n) is 2.50. The van der Waals surface area contributed by atoms with Crippen LogP contribution in [0.5, 0.6) is 0 Å². The minimum absolute atomic E-state index is 0.639. The van der Waals surface area contributed by atoms with Gasteiger partial charge in [-0.2, -0.15) is 0 Å². The summed E-state index contributed by atoms with van der Waals surface area (Å²) in [5.74, 6) is 0. The van der Waals surface area contributed by atoms with E-state index in [1.165, 1.54) is 22.6 Å². The van der Waals surface area contributed by atoms with Gasteiger partial charge in [-0.15, -0.1) is 11.8 Å². The second kappa shape index (κ2) is 5.17. The van der Waals surface area contributed by atoms with Gasteiger partial charge in [0.15, 0.2) is 0 Å². The van der Waals surface area contributed by atoms with E-state index in [9.17, 15) is 0 Å². The molecule has 1 heterocycles. The number of benzene rings is 2. The molecular weight excluding hydrogens is 252 g/mol. The molecule has 19 heavy (non-hydrogen) atoms. The number of hydrogen-bond acceptors (Lipinski definition) is 3. The van der Waals surface area contributed by atoms with Gasteiger partial charge in [-0.3, -0.25) is 0 Å². The number of fused-ring (bicyclic) bond motifs is 1. The number of anilines is 2. The first-order valence-electron chi connectivity index (χ1n) is 6.53. The Hall–Kier alpha value is -1.61. The molecule has 2 nitrogen and oxygen atoms in total. The van der Waals surface area contributed by atoms with E-state index in [4.69, 9.17) is 5.73 Å². The molecule has 0 fully saturated rings. The Kier molecular flexibility index (Phi) is 3.38. The Morgan fingerprint density at radius 2 is 1.89 bits per heavy atom. The average molecular weight is 270 g/mol. The predicted molar refractivity (Wildman–Crippen MR) is 83.9 cm³/mol. The van der Waals surface area contributed by atoms with Gasteiger partial charge in [-0.1, -0.05) is 18.2 Å². The molecule has 3 heteroatoms. The largest absolute Gasteiger partial charge is 0.399 e. The van der Waals surface area contributed by atoms with E-state index in [0.717, 1.165) is 12.2 Å². The highest BCUT2D eigenvalue weighted by atomic mass is 32.2. The van der Waals surface area contributed by atoms with Crippen molar-refractivity contribution in [3.63, 3.8) is 0 Å². The van der Waals surface area contributed by atoms with Crippen LogP contribution in [0.3, 0.4) is 0 Å². The Morgan fingerprint density at radius 3 is 2.63 bits per heavy atom. The standard InChI is InChI=1S/C16H18N2S/c1-18(14-8-6-13(17)7-9-14)11-15-10-12-4-2-3-5-16(12)19-15/h2-9,15H,10-11,17H2,1H3.